The van der Waals surface area contributed by atoms with Crippen LogP contribution in [0.3, 0.4) is 0 Å². The number of carbonyl (C=O) groups excluding carboxylic acids is 2. The van der Waals surface area contributed by atoms with E-state index in [1.54, 1.807) is 0 Å². The zero-order valence-corrected chi connectivity index (χ0v) is 17.8. The molecule has 0 saturated heterocycles. The van der Waals surface area contributed by atoms with Crippen molar-refractivity contribution in [1.29, 1.82) is 0 Å². The van der Waals surface area contributed by atoms with Crippen molar-refractivity contribution in [3.63, 3.8) is 0 Å². The monoisotopic (exact) mass is 492 g/mol. The number of hydrogen-bond acceptors (Lipinski definition) is 3. The zero-order valence-electron chi connectivity index (χ0n) is 15.7. The van der Waals surface area contributed by atoms with Crippen molar-refractivity contribution in [3.8, 4) is 0 Å². The lowest BCUT2D eigenvalue weighted by atomic mass is 9.78. The molecule has 0 unspecified atom stereocenters. The van der Waals surface area contributed by atoms with E-state index >= 15 is 0 Å². The van der Waals surface area contributed by atoms with Gasteiger partial charge in [0.05, 0.1) is 12.0 Å². The van der Waals surface area contributed by atoms with Crippen LogP contribution in [0.5, 0.6) is 0 Å². The number of rotatable bonds is 7. The highest BCUT2D eigenvalue weighted by Gasteiger charge is 2.43. The highest BCUT2D eigenvalue weighted by atomic mass is 127. The molecule has 0 spiro atoms. The van der Waals surface area contributed by atoms with E-state index < -0.39 is 18.1 Å². The van der Waals surface area contributed by atoms with Crippen LogP contribution in [0, 0.1) is 3.57 Å². The number of halogens is 1. The minimum atomic E-state index is -0.962. The van der Waals surface area contributed by atoms with E-state index in [1.807, 2.05) is 54.6 Å². The van der Waals surface area contributed by atoms with Gasteiger partial charge in [-0.1, -0.05) is 55.3 Å². The Morgan fingerprint density at radius 3 is 2.43 bits per heavy atom. The summed E-state index contributed by atoms with van der Waals surface area (Å²) in [5, 5.41) is 15.3. The van der Waals surface area contributed by atoms with E-state index in [0.29, 0.717) is 6.54 Å². The van der Waals surface area contributed by atoms with Gasteiger partial charge in [-0.15, -0.1) is 0 Å². The smallest absolute Gasteiger partial charge is 0.245 e. The molecule has 3 rings (SSSR count). The van der Waals surface area contributed by atoms with Crippen LogP contribution in [0.4, 0.5) is 0 Å². The second-order valence-electron chi connectivity index (χ2n) is 7.21. The fraction of sp³-hybridized carbons (Fsp3) is 0.364. The molecule has 3 N–H and O–H groups in total. The van der Waals surface area contributed by atoms with Gasteiger partial charge in [0.1, 0.15) is 6.04 Å². The first-order chi connectivity index (χ1) is 13.5. The molecule has 148 valence electrons. The molecule has 1 fully saturated rings. The molecule has 1 aliphatic rings. The molecule has 0 bridgehead atoms. The summed E-state index contributed by atoms with van der Waals surface area (Å²) in [5.41, 5.74) is 1.32. The van der Waals surface area contributed by atoms with Crippen LogP contribution < -0.4 is 10.6 Å². The van der Waals surface area contributed by atoms with E-state index in [4.69, 9.17) is 0 Å². The summed E-state index contributed by atoms with van der Waals surface area (Å²) in [7, 11) is 0. The van der Waals surface area contributed by atoms with Crippen molar-refractivity contribution in [2.24, 2.45) is 0 Å². The molecule has 0 heterocycles. The normalized spacial score (nSPS) is 16.4. The van der Waals surface area contributed by atoms with Gasteiger partial charge >= 0.3 is 0 Å². The molecule has 28 heavy (non-hydrogen) atoms. The molecule has 1 saturated carbocycles. The topological polar surface area (TPSA) is 78.4 Å². The van der Waals surface area contributed by atoms with E-state index in [-0.39, 0.29) is 11.8 Å². The van der Waals surface area contributed by atoms with Crippen LogP contribution in [0.1, 0.15) is 36.8 Å². The quantitative estimate of drug-likeness (QED) is 0.521. The van der Waals surface area contributed by atoms with Crippen molar-refractivity contribution < 1.29 is 14.7 Å². The molecular weight excluding hydrogens is 467 g/mol. The first-order valence-electron chi connectivity index (χ1n) is 9.55. The number of carbonyl (C=O) groups is 2. The molecule has 1 atom stereocenters. The molecule has 2 aromatic rings. The lowest BCUT2D eigenvalue weighted by Gasteiger charge is -2.30. The molecule has 2 aromatic carbocycles. The third kappa shape index (κ3) is 4.72. The SMILES string of the molecule is O=C(NCc1cccc(I)c1)[C@H](CO)NC(=O)C1(c2ccccc2)CCCC1. The Morgan fingerprint density at radius 1 is 1.07 bits per heavy atom. The molecule has 6 heteroatoms. The molecular formula is C22H25IN2O3. The lowest BCUT2D eigenvalue weighted by Crippen LogP contribution is -2.54. The van der Waals surface area contributed by atoms with Crippen LogP contribution in [-0.4, -0.2) is 29.6 Å². The predicted molar refractivity (Wildman–Crippen MR) is 117 cm³/mol. The molecule has 0 aromatic heterocycles. The summed E-state index contributed by atoms with van der Waals surface area (Å²) >= 11 is 2.22. The van der Waals surface area contributed by atoms with E-state index in [0.717, 1.165) is 40.4 Å². The Hall–Kier alpha value is -1.93. The Balaban J connectivity index is 1.67. The van der Waals surface area contributed by atoms with Gasteiger partial charge in [0.15, 0.2) is 0 Å². The zero-order chi connectivity index (χ0) is 20.0. The summed E-state index contributed by atoms with van der Waals surface area (Å²) in [5.74, 6) is -0.560. The largest absolute Gasteiger partial charge is 0.394 e. The van der Waals surface area contributed by atoms with Gasteiger partial charge in [-0.25, -0.2) is 0 Å². The Bertz CT molecular complexity index is 820. The van der Waals surface area contributed by atoms with Crippen LogP contribution in [0.2, 0.25) is 0 Å². The van der Waals surface area contributed by atoms with E-state index in [2.05, 4.69) is 33.2 Å². The van der Waals surface area contributed by atoms with Crippen molar-refractivity contribution >= 4 is 34.4 Å². The van der Waals surface area contributed by atoms with Gasteiger partial charge in [0, 0.05) is 10.1 Å². The summed E-state index contributed by atoms with van der Waals surface area (Å²) < 4.78 is 1.09. The summed E-state index contributed by atoms with van der Waals surface area (Å²) in [6.07, 6.45) is 3.46. The van der Waals surface area contributed by atoms with Crippen LogP contribution in [0.25, 0.3) is 0 Å². The summed E-state index contributed by atoms with van der Waals surface area (Å²) in [6, 6.07) is 16.6. The Morgan fingerprint density at radius 2 is 1.79 bits per heavy atom. The number of aliphatic hydroxyl groups is 1. The number of amides is 2. The molecule has 5 nitrogen and oxygen atoms in total. The van der Waals surface area contributed by atoms with Gasteiger partial charge in [-0.3, -0.25) is 9.59 Å². The van der Waals surface area contributed by atoms with Gasteiger partial charge < -0.3 is 15.7 Å². The van der Waals surface area contributed by atoms with Crippen LogP contribution in [-0.2, 0) is 21.5 Å². The van der Waals surface area contributed by atoms with Crippen molar-refractivity contribution in [2.75, 3.05) is 6.61 Å². The average molecular weight is 492 g/mol. The van der Waals surface area contributed by atoms with Crippen LogP contribution in [0.15, 0.2) is 54.6 Å². The maximum atomic E-state index is 13.2. The summed E-state index contributed by atoms with van der Waals surface area (Å²) in [6.45, 7) is -0.0827. The maximum absolute atomic E-state index is 13.2. The lowest BCUT2D eigenvalue weighted by molar-refractivity contribution is -0.133. The third-order valence-electron chi connectivity index (χ3n) is 5.38. The molecule has 0 radical (unpaired) electrons. The number of benzene rings is 2. The van der Waals surface area contributed by atoms with E-state index in [1.165, 1.54) is 0 Å². The number of aliphatic hydroxyl groups excluding tert-OH is 1. The first-order valence-corrected chi connectivity index (χ1v) is 10.6. The van der Waals surface area contributed by atoms with Gasteiger partial charge in [0.2, 0.25) is 11.8 Å². The highest BCUT2D eigenvalue weighted by molar-refractivity contribution is 14.1. The second kappa shape index (κ2) is 9.52. The average Bonchev–Trinajstić information content (AvgIpc) is 3.22. The van der Waals surface area contributed by atoms with Gasteiger partial charge in [0.25, 0.3) is 0 Å². The van der Waals surface area contributed by atoms with Crippen molar-refractivity contribution in [2.45, 2.75) is 43.7 Å². The fourth-order valence-corrected chi connectivity index (χ4v) is 4.44. The maximum Gasteiger partial charge on any atom is 0.245 e. The third-order valence-corrected chi connectivity index (χ3v) is 6.05. The molecule has 2 amide bonds. The Labute approximate surface area is 179 Å². The van der Waals surface area contributed by atoms with Crippen molar-refractivity contribution in [3.05, 3.63) is 69.3 Å². The standard InChI is InChI=1S/C22H25IN2O3/c23-18-10-6-7-16(13-18)14-24-20(27)19(15-26)25-21(28)22(11-4-5-12-22)17-8-2-1-3-9-17/h1-3,6-10,13,19,26H,4-5,11-12,14-15H2,(H,24,27)(H,25,28)/t19-/m0/s1. The summed E-state index contributed by atoms with van der Waals surface area (Å²) in [4.78, 5) is 25.7. The second-order valence-corrected chi connectivity index (χ2v) is 8.46. The molecule has 0 aliphatic heterocycles. The predicted octanol–water partition coefficient (Wildman–Crippen LogP) is 2.90. The minimum Gasteiger partial charge on any atom is -0.394 e. The van der Waals surface area contributed by atoms with Crippen LogP contribution >= 0.6 is 22.6 Å². The van der Waals surface area contributed by atoms with E-state index in [9.17, 15) is 14.7 Å². The fourth-order valence-electron chi connectivity index (χ4n) is 3.83. The Kier molecular flexibility index (Phi) is 7.07. The van der Waals surface area contributed by atoms with Gasteiger partial charge in [-0.2, -0.15) is 0 Å². The minimum absolute atomic E-state index is 0.181. The van der Waals surface area contributed by atoms with Gasteiger partial charge in [-0.05, 0) is 58.7 Å². The number of nitrogens with one attached hydrogen (secondary N) is 2. The highest BCUT2D eigenvalue weighted by Crippen LogP contribution is 2.41. The first kappa shape index (κ1) is 20.8. The molecule has 1 aliphatic carbocycles. The number of hydrogen-bond donors (Lipinski definition) is 3. The van der Waals surface area contributed by atoms with Crippen molar-refractivity contribution in [1.82, 2.24) is 10.6 Å².